The van der Waals surface area contributed by atoms with E-state index in [4.69, 9.17) is 14.2 Å². The van der Waals surface area contributed by atoms with Gasteiger partial charge < -0.3 is 19.5 Å². The quantitative estimate of drug-likeness (QED) is 0.607. The fourth-order valence-corrected chi connectivity index (χ4v) is 2.01. The summed E-state index contributed by atoms with van der Waals surface area (Å²) in [6.45, 7) is -0.0995. The fourth-order valence-electron chi connectivity index (χ4n) is 2.01. The van der Waals surface area contributed by atoms with Gasteiger partial charge in [0.1, 0.15) is 12.9 Å². The fraction of sp³-hybridized carbons (Fsp3) is 0.400. The summed E-state index contributed by atoms with van der Waals surface area (Å²) >= 11 is 0. The highest BCUT2D eigenvalue weighted by atomic mass is 16.5. The minimum Gasteiger partial charge on any atom is -0.493 e. The molecule has 0 bridgehead atoms. The van der Waals surface area contributed by atoms with Crippen molar-refractivity contribution in [1.82, 2.24) is 25.5 Å². The van der Waals surface area contributed by atoms with Crippen LogP contribution >= 0.6 is 0 Å². The Balaban J connectivity index is 1.69. The Bertz CT molecular complexity index is 704. The van der Waals surface area contributed by atoms with Crippen molar-refractivity contribution in [2.45, 2.75) is 13.0 Å². The third-order valence-electron chi connectivity index (χ3n) is 3.23. The molecule has 0 fully saturated rings. The van der Waals surface area contributed by atoms with Crippen LogP contribution in [0, 0.1) is 0 Å². The highest BCUT2D eigenvalue weighted by molar-refractivity contribution is 5.80. The molecule has 2 rings (SSSR count). The predicted molar refractivity (Wildman–Crippen MR) is 85.0 cm³/mol. The normalized spacial score (nSPS) is 10.2. The lowest BCUT2D eigenvalue weighted by Crippen LogP contribution is -2.31. The number of carbonyl (C=O) groups is 2. The molecule has 1 amide bonds. The summed E-state index contributed by atoms with van der Waals surface area (Å²) in [7, 11) is 3.13. The van der Waals surface area contributed by atoms with Gasteiger partial charge in [0.05, 0.1) is 14.2 Å². The van der Waals surface area contributed by atoms with Crippen molar-refractivity contribution in [2.75, 3.05) is 27.4 Å². The smallest absolute Gasteiger partial charge is 0.328 e. The number of rotatable bonds is 9. The average Bonchev–Trinajstić information content (AvgIpc) is 3.12. The summed E-state index contributed by atoms with van der Waals surface area (Å²) < 4.78 is 16.4. The minimum atomic E-state index is -0.595. The van der Waals surface area contributed by atoms with Gasteiger partial charge in [-0.1, -0.05) is 6.07 Å². The topological polar surface area (TPSA) is 117 Å². The minimum absolute atomic E-state index is 0.147. The van der Waals surface area contributed by atoms with Crippen molar-refractivity contribution in [3.63, 3.8) is 0 Å². The maximum Gasteiger partial charge on any atom is 0.328 e. The number of nitrogens with one attached hydrogen (secondary N) is 1. The Labute approximate surface area is 144 Å². The van der Waals surface area contributed by atoms with Crippen molar-refractivity contribution in [1.29, 1.82) is 0 Å². The Morgan fingerprint density at radius 1 is 1.20 bits per heavy atom. The molecule has 0 unspecified atom stereocenters. The van der Waals surface area contributed by atoms with Crippen molar-refractivity contribution in [3.8, 4) is 11.5 Å². The Kier molecular flexibility index (Phi) is 6.69. The molecular weight excluding hydrogens is 330 g/mol. The average molecular weight is 349 g/mol. The van der Waals surface area contributed by atoms with E-state index in [9.17, 15) is 9.59 Å². The van der Waals surface area contributed by atoms with Crippen LogP contribution in [-0.2, 0) is 27.3 Å². The Hall–Kier alpha value is -3.17. The van der Waals surface area contributed by atoms with Crippen LogP contribution in [0.15, 0.2) is 24.5 Å². The number of ether oxygens (including phenoxy) is 3. The van der Waals surface area contributed by atoms with E-state index in [1.54, 1.807) is 20.3 Å². The standard InChI is InChI=1S/C15H19N5O5/c1-23-12-4-3-11(7-13(12)24-2)5-6-16-14(21)9-25-15(22)8-20-10-17-18-19-20/h3-4,7,10H,5-6,8-9H2,1-2H3,(H,16,21). The van der Waals surface area contributed by atoms with Crippen LogP contribution < -0.4 is 14.8 Å². The SMILES string of the molecule is COc1ccc(CCNC(=O)COC(=O)Cn2cnnn2)cc1OC. The zero-order chi connectivity index (χ0) is 18.1. The molecule has 1 N–H and O–H groups in total. The second-order valence-electron chi connectivity index (χ2n) is 4.96. The highest BCUT2D eigenvalue weighted by Gasteiger charge is 2.09. The first-order valence-corrected chi connectivity index (χ1v) is 7.46. The van der Waals surface area contributed by atoms with Gasteiger partial charge in [-0.2, -0.15) is 0 Å². The van der Waals surface area contributed by atoms with Crippen molar-refractivity contribution >= 4 is 11.9 Å². The lowest BCUT2D eigenvalue weighted by atomic mass is 10.1. The second kappa shape index (κ2) is 9.21. The molecule has 0 atom stereocenters. The van der Waals surface area contributed by atoms with E-state index in [2.05, 4.69) is 20.8 Å². The summed E-state index contributed by atoms with van der Waals surface area (Å²) in [5, 5.41) is 13.0. The van der Waals surface area contributed by atoms with E-state index in [1.165, 1.54) is 11.0 Å². The number of nitrogens with zero attached hydrogens (tertiary/aromatic N) is 4. The summed E-state index contributed by atoms with van der Waals surface area (Å²) in [4.78, 5) is 23.2. The van der Waals surface area contributed by atoms with Crippen molar-refractivity contribution in [3.05, 3.63) is 30.1 Å². The van der Waals surface area contributed by atoms with Crippen LogP contribution in [0.5, 0.6) is 11.5 Å². The number of tetrazole rings is 1. The Morgan fingerprint density at radius 3 is 2.68 bits per heavy atom. The first kappa shape index (κ1) is 18.2. The number of amides is 1. The molecule has 2 aromatic rings. The largest absolute Gasteiger partial charge is 0.493 e. The summed E-state index contributed by atoms with van der Waals surface area (Å²) in [5.74, 6) is 0.292. The molecule has 25 heavy (non-hydrogen) atoms. The van der Waals surface area contributed by atoms with Crippen LogP contribution in [0.2, 0.25) is 0 Å². The van der Waals surface area contributed by atoms with E-state index in [-0.39, 0.29) is 19.1 Å². The van der Waals surface area contributed by atoms with Crippen LogP contribution in [-0.4, -0.2) is 59.5 Å². The van der Waals surface area contributed by atoms with Gasteiger partial charge in [-0.25, -0.2) is 4.68 Å². The summed E-state index contributed by atoms with van der Waals surface area (Å²) in [6, 6.07) is 5.54. The van der Waals surface area contributed by atoms with Gasteiger partial charge in [-0.3, -0.25) is 9.59 Å². The highest BCUT2D eigenvalue weighted by Crippen LogP contribution is 2.27. The molecule has 0 aliphatic carbocycles. The zero-order valence-corrected chi connectivity index (χ0v) is 14.0. The maximum atomic E-state index is 11.7. The van der Waals surface area contributed by atoms with Crippen molar-refractivity contribution < 1.29 is 23.8 Å². The molecule has 0 aliphatic heterocycles. The van der Waals surface area contributed by atoms with Crippen LogP contribution in [0.25, 0.3) is 0 Å². The number of methoxy groups -OCH3 is 2. The van der Waals surface area contributed by atoms with Gasteiger partial charge in [0.15, 0.2) is 18.1 Å². The molecule has 0 aliphatic rings. The molecule has 1 heterocycles. The lowest BCUT2D eigenvalue weighted by Gasteiger charge is -2.10. The molecule has 0 saturated heterocycles. The third kappa shape index (κ3) is 5.75. The second-order valence-corrected chi connectivity index (χ2v) is 4.96. The molecule has 10 nitrogen and oxygen atoms in total. The number of esters is 1. The molecule has 0 saturated carbocycles. The Morgan fingerprint density at radius 2 is 2.00 bits per heavy atom. The van der Waals surface area contributed by atoms with Gasteiger partial charge in [-0.15, -0.1) is 5.10 Å². The van der Waals surface area contributed by atoms with E-state index >= 15 is 0 Å². The lowest BCUT2D eigenvalue weighted by molar-refractivity contribution is -0.149. The molecule has 1 aromatic heterocycles. The van der Waals surface area contributed by atoms with E-state index in [0.29, 0.717) is 24.5 Å². The van der Waals surface area contributed by atoms with Gasteiger partial charge >= 0.3 is 5.97 Å². The molecule has 1 aromatic carbocycles. The number of carbonyl (C=O) groups excluding carboxylic acids is 2. The monoisotopic (exact) mass is 349 g/mol. The van der Waals surface area contributed by atoms with Gasteiger partial charge in [0, 0.05) is 6.54 Å². The molecule has 134 valence electrons. The van der Waals surface area contributed by atoms with Crippen LogP contribution in [0.4, 0.5) is 0 Å². The van der Waals surface area contributed by atoms with E-state index in [0.717, 1.165) is 5.56 Å². The van der Waals surface area contributed by atoms with Gasteiger partial charge in [0.2, 0.25) is 0 Å². The summed E-state index contributed by atoms with van der Waals surface area (Å²) in [6.07, 6.45) is 1.88. The van der Waals surface area contributed by atoms with Crippen molar-refractivity contribution in [2.24, 2.45) is 0 Å². The first-order chi connectivity index (χ1) is 12.1. The molecule has 0 radical (unpaired) electrons. The van der Waals surface area contributed by atoms with Gasteiger partial charge in [-0.05, 0) is 34.5 Å². The zero-order valence-electron chi connectivity index (χ0n) is 14.0. The van der Waals surface area contributed by atoms with Gasteiger partial charge in [0.25, 0.3) is 5.91 Å². The van der Waals surface area contributed by atoms with E-state index in [1.807, 2.05) is 12.1 Å². The van der Waals surface area contributed by atoms with Crippen LogP contribution in [0.1, 0.15) is 5.56 Å². The third-order valence-corrected chi connectivity index (χ3v) is 3.23. The number of hydrogen-bond donors (Lipinski definition) is 1. The molecular formula is C15H19N5O5. The summed E-state index contributed by atoms with van der Waals surface area (Å²) in [5.41, 5.74) is 0.980. The first-order valence-electron chi connectivity index (χ1n) is 7.46. The molecule has 10 heteroatoms. The predicted octanol–water partition coefficient (Wildman–Crippen LogP) is -0.408. The number of aromatic nitrogens is 4. The maximum absolute atomic E-state index is 11.7. The molecule has 0 spiro atoms. The number of hydrogen-bond acceptors (Lipinski definition) is 8. The van der Waals surface area contributed by atoms with E-state index < -0.39 is 5.97 Å². The van der Waals surface area contributed by atoms with Crippen LogP contribution in [0.3, 0.4) is 0 Å². The number of benzene rings is 1.